The number of hydrogen-bond acceptors (Lipinski definition) is 3. The van der Waals surface area contributed by atoms with Crippen molar-refractivity contribution in [1.29, 1.82) is 0 Å². The molecule has 0 saturated heterocycles. The second-order valence-electron chi connectivity index (χ2n) is 6.56. The third-order valence-corrected chi connectivity index (χ3v) is 4.14. The molecule has 1 amide bonds. The number of carbonyl (C=O) groups is 2. The third-order valence-electron chi connectivity index (χ3n) is 4.14. The molecule has 0 radical (unpaired) electrons. The average molecular weight is 392 g/mol. The van der Waals surface area contributed by atoms with Crippen molar-refractivity contribution in [1.82, 2.24) is 4.90 Å². The van der Waals surface area contributed by atoms with Crippen molar-refractivity contribution in [2.24, 2.45) is 10.7 Å². The molecule has 0 atom stereocenters. The maximum absolute atomic E-state index is 12.1. The molecular formula is C22H37N3O3. The van der Waals surface area contributed by atoms with Crippen LogP contribution in [0.3, 0.4) is 0 Å². The lowest BCUT2D eigenvalue weighted by Crippen LogP contribution is -2.44. The van der Waals surface area contributed by atoms with E-state index >= 15 is 0 Å². The van der Waals surface area contributed by atoms with E-state index in [0.717, 1.165) is 62.7 Å². The summed E-state index contributed by atoms with van der Waals surface area (Å²) in [5.74, 6) is -1.44. The highest BCUT2D eigenvalue weighted by Gasteiger charge is 2.19. The number of nitrogens with zero attached hydrogens (tertiary/aromatic N) is 2. The number of carboxylic acid groups (broad SMARTS) is 1. The van der Waals surface area contributed by atoms with Gasteiger partial charge in [-0.15, -0.1) is 0 Å². The Balaban J connectivity index is 3.75. The minimum Gasteiger partial charge on any atom is -0.480 e. The molecule has 0 aliphatic carbocycles. The van der Waals surface area contributed by atoms with Crippen LogP contribution in [0.25, 0.3) is 0 Å². The van der Waals surface area contributed by atoms with Crippen molar-refractivity contribution in [3.63, 3.8) is 0 Å². The molecule has 6 heteroatoms. The SMILES string of the molecule is CC/C=C\C/C=C\C/C=C\CCCCCCCC(=O)N(CC(=O)O)C(N)=NC. The first-order valence-corrected chi connectivity index (χ1v) is 10.2. The predicted molar refractivity (Wildman–Crippen MR) is 116 cm³/mol. The number of aliphatic carboxylic acids is 1. The van der Waals surface area contributed by atoms with Crippen LogP contribution in [0.5, 0.6) is 0 Å². The largest absolute Gasteiger partial charge is 0.480 e. The molecule has 0 aromatic heterocycles. The van der Waals surface area contributed by atoms with Gasteiger partial charge in [-0.2, -0.15) is 0 Å². The van der Waals surface area contributed by atoms with E-state index in [4.69, 9.17) is 10.8 Å². The van der Waals surface area contributed by atoms with Crippen LogP contribution in [0.15, 0.2) is 41.4 Å². The van der Waals surface area contributed by atoms with Crippen molar-refractivity contribution in [2.45, 2.75) is 71.1 Å². The molecule has 0 aliphatic heterocycles. The van der Waals surface area contributed by atoms with Crippen molar-refractivity contribution in [3.05, 3.63) is 36.5 Å². The van der Waals surface area contributed by atoms with Gasteiger partial charge >= 0.3 is 5.97 Å². The first-order chi connectivity index (χ1) is 13.5. The molecule has 0 saturated carbocycles. The quantitative estimate of drug-likeness (QED) is 0.187. The molecule has 0 heterocycles. The molecule has 3 N–H and O–H groups in total. The third kappa shape index (κ3) is 14.8. The Morgan fingerprint density at radius 3 is 2.11 bits per heavy atom. The topological polar surface area (TPSA) is 96.0 Å². The van der Waals surface area contributed by atoms with Gasteiger partial charge in [-0.1, -0.05) is 62.6 Å². The van der Waals surface area contributed by atoms with E-state index in [1.54, 1.807) is 0 Å². The summed E-state index contributed by atoms with van der Waals surface area (Å²) < 4.78 is 0. The van der Waals surface area contributed by atoms with E-state index in [2.05, 4.69) is 48.4 Å². The van der Waals surface area contributed by atoms with E-state index in [1.807, 2.05) is 0 Å². The van der Waals surface area contributed by atoms with E-state index < -0.39 is 12.5 Å². The maximum Gasteiger partial charge on any atom is 0.323 e. The lowest BCUT2D eigenvalue weighted by molar-refractivity contribution is -0.141. The number of amides is 1. The number of carbonyl (C=O) groups excluding carboxylic acids is 1. The van der Waals surface area contributed by atoms with Crippen LogP contribution in [0.1, 0.15) is 71.1 Å². The number of unbranched alkanes of at least 4 members (excludes halogenated alkanes) is 5. The summed E-state index contributed by atoms with van der Waals surface area (Å²) in [5.41, 5.74) is 5.60. The molecule has 0 rings (SSSR count). The lowest BCUT2D eigenvalue weighted by atomic mass is 10.1. The predicted octanol–water partition coefficient (Wildman–Crippen LogP) is 4.43. The molecule has 0 spiro atoms. The highest BCUT2D eigenvalue weighted by atomic mass is 16.4. The van der Waals surface area contributed by atoms with E-state index in [-0.39, 0.29) is 11.9 Å². The lowest BCUT2D eigenvalue weighted by Gasteiger charge is -2.19. The van der Waals surface area contributed by atoms with E-state index in [1.165, 1.54) is 7.05 Å². The van der Waals surface area contributed by atoms with Crippen LogP contribution in [-0.2, 0) is 9.59 Å². The van der Waals surface area contributed by atoms with Gasteiger partial charge in [-0.05, 0) is 38.5 Å². The molecule has 0 fully saturated rings. The zero-order valence-corrected chi connectivity index (χ0v) is 17.5. The van der Waals surface area contributed by atoms with Crippen LogP contribution < -0.4 is 5.73 Å². The van der Waals surface area contributed by atoms with Gasteiger partial charge in [0, 0.05) is 13.5 Å². The standard InChI is InChI=1S/C22H37N3O3/c1-3-4-5-6-7-8-9-10-11-12-13-14-15-16-17-18-20(26)25(19-21(27)28)22(23)24-2/h4-5,7-8,10-11H,3,6,9,12-19H2,1-2H3,(H2,23,24)(H,27,28)/b5-4-,8-7-,11-10-. The van der Waals surface area contributed by atoms with Crippen LogP contribution in [0, 0.1) is 0 Å². The van der Waals surface area contributed by atoms with Gasteiger partial charge in [0.25, 0.3) is 0 Å². The maximum atomic E-state index is 12.1. The Bertz CT molecular complexity index is 551. The van der Waals surface area contributed by atoms with Gasteiger partial charge in [-0.3, -0.25) is 19.5 Å². The molecule has 0 aromatic rings. The van der Waals surface area contributed by atoms with Crippen molar-refractivity contribution in [2.75, 3.05) is 13.6 Å². The van der Waals surface area contributed by atoms with Crippen LogP contribution in [-0.4, -0.2) is 41.4 Å². The van der Waals surface area contributed by atoms with Gasteiger partial charge in [0.1, 0.15) is 6.54 Å². The summed E-state index contributed by atoms with van der Waals surface area (Å²) >= 11 is 0. The minimum atomic E-state index is -1.10. The highest BCUT2D eigenvalue weighted by Crippen LogP contribution is 2.09. The Labute approximate surface area is 169 Å². The zero-order chi connectivity index (χ0) is 21.0. The number of aliphatic imine (C=N–C) groups is 1. The molecule has 0 bridgehead atoms. The Kier molecular flexibility index (Phi) is 16.5. The fourth-order valence-electron chi connectivity index (χ4n) is 2.58. The summed E-state index contributed by atoms with van der Waals surface area (Å²) in [6, 6.07) is 0. The molecule has 6 nitrogen and oxygen atoms in total. The van der Waals surface area contributed by atoms with Crippen molar-refractivity contribution in [3.8, 4) is 0 Å². The Morgan fingerprint density at radius 2 is 1.50 bits per heavy atom. The van der Waals surface area contributed by atoms with Gasteiger partial charge in [0.2, 0.25) is 5.91 Å². The van der Waals surface area contributed by atoms with Crippen molar-refractivity contribution < 1.29 is 14.7 Å². The molecule has 28 heavy (non-hydrogen) atoms. The molecular weight excluding hydrogens is 354 g/mol. The fraction of sp³-hybridized carbons (Fsp3) is 0.591. The minimum absolute atomic E-state index is 0.0496. The van der Waals surface area contributed by atoms with Gasteiger partial charge in [0.05, 0.1) is 0 Å². The summed E-state index contributed by atoms with van der Waals surface area (Å²) in [6.07, 6.45) is 22.7. The Hall–Kier alpha value is -2.37. The van der Waals surface area contributed by atoms with Crippen LogP contribution in [0.4, 0.5) is 0 Å². The van der Waals surface area contributed by atoms with E-state index in [0.29, 0.717) is 6.42 Å². The molecule has 0 unspecified atom stereocenters. The molecule has 158 valence electrons. The number of carboxylic acids is 1. The first kappa shape index (κ1) is 25.6. The van der Waals surface area contributed by atoms with Gasteiger partial charge in [0.15, 0.2) is 5.96 Å². The summed E-state index contributed by atoms with van der Waals surface area (Å²) in [5, 5.41) is 8.86. The number of rotatable bonds is 15. The molecule has 0 aromatic carbocycles. The summed E-state index contributed by atoms with van der Waals surface area (Å²) in [7, 11) is 1.44. The zero-order valence-electron chi connectivity index (χ0n) is 17.5. The number of guanidine groups is 1. The van der Waals surface area contributed by atoms with Crippen LogP contribution in [0.2, 0.25) is 0 Å². The first-order valence-electron chi connectivity index (χ1n) is 10.2. The van der Waals surface area contributed by atoms with Crippen LogP contribution >= 0.6 is 0 Å². The molecule has 0 aliphatic rings. The monoisotopic (exact) mass is 391 g/mol. The smallest absolute Gasteiger partial charge is 0.323 e. The fourth-order valence-corrected chi connectivity index (χ4v) is 2.58. The Morgan fingerprint density at radius 1 is 0.929 bits per heavy atom. The van der Waals surface area contributed by atoms with E-state index in [9.17, 15) is 9.59 Å². The second kappa shape index (κ2) is 18.0. The van der Waals surface area contributed by atoms with Gasteiger partial charge in [-0.25, -0.2) is 0 Å². The summed E-state index contributed by atoms with van der Waals surface area (Å²) in [4.78, 5) is 27.7. The van der Waals surface area contributed by atoms with Gasteiger partial charge < -0.3 is 10.8 Å². The summed E-state index contributed by atoms with van der Waals surface area (Å²) in [6.45, 7) is 1.69. The average Bonchev–Trinajstić information content (AvgIpc) is 2.68. The number of allylic oxidation sites excluding steroid dienone is 6. The second-order valence-corrected chi connectivity index (χ2v) is 6.56. The normalized spacial score (nSPS) is 12.4. The highest BCUT2D eigenvalue weighted by molar-refractivity contribution is 5.98. The number of nitrogens with two attached hydrogens (primary N) is 1. The van der Waals surface area contributed by atoms with Crippen molar-refractivity contribution >= 4 is 17.8 Å². The number of hydrogen-bond donors (Lipinski definition) is 2.